The van der Waals surface area contributed by atoms with Gasteiger partial charge in [0.1, 0.15) is 12.3 Å². The van der Waals surface area contributed by atoms with Crippen molar-refractivity contribution >= 4 is 52.2 Å². The van der Waals surface area contributed by atoms with E-state index in [9.17, 15) is 14.4 Å². The van der Waals surface area contributed by atoms with Crippen molar-refractivity contribution in [1.82, 2.24) is 4.90 Å². The fraction of sp³-hybridized carbons (Fsp3) is 0.227. The van der Waals surface area contributed by atoms with Crippen LogP contribution in [-0.2, 0) is 9.59 Å². The van der Waals surface area contributed by atoms with Gasteiger partial charge in [-0.25, -0.2) is 0 Å². The first-order valence-corrected chi connectivity index (χ1v) is 10.6. The number of rotatable bonds is 7. The number of aryl methyl sites for hydroxylation is 1. The second kappa shape index (κ2) is 9.82. The van der Waals surface area contributed by atoms with Gasteiger partial charge in [0.25, 0.3) is 11.1 Å². The van der Waals surface area contributed by atoms with Crippen LogP contribution in [0.3, 0.4) is 0 Å². The lowest BCUT2D eigenvalue weighted by atomic mass is 10.2. The van der Waals surface area contributed by atoms with Gasteiger partial charge in [0.15, 0.2) is 0 Å². The summed E-state index contributed by atoms with van der Waals surface area (Å²) in [5, 5.41) is 2.69. The Morgan fingerprint density at radius 3 is 2.77 bits per heavy atom. The maximum atomic E-state index is 12.7. The molecule has 0 aliphatic carbocycles. The zero-order valence-electron chi connectivity index (χ0n) is 16.6. The summed E-state index contributed by atoms with van der Waals surface area (Å²) in [5.41, 5.74) is 2.07. The summed E-state index contributed by atoms with van der Waals surface area (Å²) in [6.07, 6.45) is 2.47. The van der Waals surface area contributed by atoms with E-state index in [-0.39, 0.29) is 11.4 Å². The average Bonchev–Trinajstić information content (AvgIpc) is 2.97. The minimum absolute atomic E-state index is 0.249. The largest absolute Gasteiger partial charge is 0.493 e. The Morgan fingerprint density at radius 1 is 1.23 bits per heavy atom. The Bertz CT molecular complexity index is 1020. The van der Waals surface area contributed by atoms with Gasteiger partial charge < -0.3 is 10.1 Å². The summed E-state index contributed by atoms with van der Waals surface area (Å²) < 4.78 is 5.70. The Labute approximate surface area is 184 Å². The van der Waals surface area contributed by atoms with Crippen LogP contribution in [-0.4, -0.2) is 35.1 Å². The highest BCUT2D eigenvalue weighted by molar-refractivity contribution is 8.18. The third kappa shape index (κ3) is 5.23. The maximum Gasteiger partial charge on any atom is 0.294 e. The molecule has 2 aromatic rings. The number of hydrogen-bond donors (Lipinski definition) is 1. The van der Waals surface area contributed by atoms with E-state index >= 15 is 0 Å². The number of nitrogens with one attached hydrogen (secondary N) is 1. The normalized spacial score (nSPS) is 15.0. The molecule has 0 aromatic heterocycles. The van der Waals surface area contributed by atoms with Gasteiger partial charge in [0.05, 0.1) is 11.5 Å². The molecule has 156 valence electrons. The molecule has 0 bridgehead atoms. The van der Waals surface area contributed by atoms with Gasteiger partial charge in [0.2, 0.25) is 5.91 Å². The molecule has 8 heteroatoms. The van der Waals surface area contributed by atoms with Crippen LogP contribution in [0.25, 0.3) is 6.08 Å². The Hall–Kier alpha value is -2.77. The Balaban J connectivity index is 1.73. The lowest BCUT2D eigenvalue weighted by Gasteiger charge is -2.14. The molecule has 30 heavy (non-hydrogen) atoms. The highest BCUT2D eigenvalue weighted by atomic mass is 35.5. The van der Waals surface area contributed by atoms with E-state index in [2.05, 4.69) is 5.32 Å². The zero-order chi connectivity index (χ0) is 21.7. The molecule has 2 aromatic carbocycles. The van der Waals surface area contributed by atoms with Crippen molar-refractivity contribution in [3.8, 4) is 5.75 Å². The number of anilines is 1. The minimum Gasteiger partial charge on any atom is -0.493 e. The van der Waals surface area contributed by atoms with E-state index in [1.165, 1.54) is 0 Å². The first kappa shape index (κ1) is 21.9. The van der Waals surface area contributed by atoms with Gasteiger partial charge in [0, 0.05) is 16.3 Å². The molecular weight excluding hydrogens is 424 g/mol. The third-order valence-corrected chi connectivity index (χ3v) is 5.46. The number of para-hydroxylation sites is 1. The van der Waals surface area contributed by atoms with E-state index in [0.717, 1.165) is 28.6 Å². The molecule has 1 N–H and O–H groups in total. The predicted octanol–water partition coefficient (Wildman–Crippen LogP) is 5.11. The van der Waals surface area contributed by atoms with Crippen molar-refractivity contribution in [2.45, 2.75) is 20.3 Å². The lowest BCUT2D eigenvalue weighted by Crippen LogP contribution is -2.36. The van der Waals surface area contributed by atoms with Gasteiger partial charge >= 0.3 is 0 Å². The average molecular weight is 445 g/mol. The van der Waals surface area contributed by atoms with Gasteiger partial charge in [-0.05, 0) is 54.9 Å². The summed E-state index contributed by atoms with van der Waals surface area (Å²) in [4.78, 5) is 38.7. The van der Waals surface area contributed by atoms with Crippen LogP contribution in [0.15, 0.2) is 47.4 Å². The molecule has 0 saturated carbocycles. The van der Waals surface area contributed by atoms with Crippen molar-refractivity contribution in [3.05, 3.63) is 63.5 Å². The van der Waals surface area contributed by atoms with Crippen LogP contribution in [0.5, 0.6) is 5.75 Å². The van der Waals surface area contributed by atoms with Gasteiger partial charge in [-0.3, -0.25) is 19.3 Å². The molecular formula is C22H21ClN2O4S. The number of thioether (sulfide) groups is 1. The summed E-state index contributed by atoms with van der Waals surface area (Å²) >= 11 is 6.77. The Kier molecular flexibility index (Phi) is 7.18. The highest BCUT2D eigenvalue weighted by Crippen LogP contribution is 2.34. The first-order chi connectivity index (χ1) is 14.4. The van der Waals surface area contributed by atoms with E-state index in [0.29, 0.717) is 28.6 Å². The molecule has 1 saturated heterocycles. The molecule has 3 amide bonds. The lowest BCUT2D eigenvalue weighted by molar-refractivity contribution is -0.127. The molecule has 0 radical (unpaired) electrons. The van der Waals surface area contributed by atoms with Crippen LogP contribution in [0.1, 0.15) is 24.5 Å². The number of ether oxygens (including phenoxy) is 1. The topological polar surface area (TPSA) is 75.7 Å². The summed E-state index contributed by atoms with van der Waals surface area (Å²) in [6, 6.07) is 12.4. The molecule has 6 nitrogen and oxygen atoms in total. The third-order valence-electron chi connectivity index (χ3n) is 4.32. The molecule has 0 atom stereocenters. The first-order valence-electron chi connectivity index (χ1n) is 9.42. The van der Waals surface area contributed by atoms with Gasteiger partial charge in [-0.2, -0.15) is 0 Å². The molecule has 1 fully saturated rings. The van der Waals surface area contributed by atoms with Crippen molar-refractivity contribution in [2.75, 3.05) is 18.5 Å². The fourth-order valence-electron chi connectivity index (χ4n) is 2.78. The van der Waals surface area contributed by atoms with E-state index in [1.54, 1.807) is 24.3 Å². The molecule has 1 heterocycles. The number of imide groups is 1. The van der Waals surface area contributed by atoms with E-state index in [4.69, 9.17) is 16.3 Å². The molecule has 0 spiro atoms. The number of benzene rings is 2. The zero-order valence-corrected chi connectivity index (χ0v) is 18.2. The molecule has 0 unspecified atom stereocenters. The molecule has 1 aliphatic heterocycles. The molecule has 1 aliphatic rings. The van der Waals surface area contributed by atoms with Crippen molar-refractivity contribution in [1.29, 1.82) is 0 Å². The monoisotopic (exact) mass is 444 g/mol. The van der Waals surface area contributed by atoms with Crippen LogP contribution in [0, 0.1) is 6.92 Å². The summed E-state index contributed by atoms with van der Waals surface area (Å²) in [7, 11) is 0. The SMILES string of the molecule is CCCOc1ccccc1/C=C1/SC(=O)N(CC(=O)Nc2cc(Cl)ccc2C)C1=O. The minimum atomic E-state index is -0.506. The number of carbonyl (C=O) groups is 3. The van der Waals surface area contributed by atoms with Crippen molar-refractivity contribution in [3.63, 3.8) is 0 Å². The Morgan fingerprint density at radius 2 is 2.00 bits per heavy atom. The van der Waals surface area contributed by atoms with Gasteiger partial charge in [-0.15, -0.1) is 0 Å². The second-order valence-corrected chi connectivity index (χ2v) is 8.09. The number of amides is 3. The fourth-order valence-corrected chi connectivity index (χ4v) is 3.78. The van der Waals surface area contributed by atoms with Crippen LogP contribution < -0.4 is 10.1 Å². The van der Waals surface area contributed by atoms with Crippen LogP contribution in [0.4, 0.5) is 10.5 Å². The van der Waals surface area contributed by atoms with E-state index < -0.39 is 17.1 Å². The summed E-state index contributed by atoms with van der Waals surface area (Å²) in [5.74, 6) is -0.343. The smallest absolute Gasteiger partial charge is 0.294 e. The number of hydrogen-bond acceptors (Lipinski definition) is 5. The van der Waals surface area contributed by atoms with Crippen molar-refractivity contribution < 1.29 is 19.1 Å². The highest BCUT2D eigenvalue weighted by Gasteiger charge is 2.36. The number of halogens is 1. The molecule has 3 rings (SSSR count). The number of carbonyl (C=O) groups excluding carboxylic acids is 3. The second-order valence-electron chi connectivity index (χ2n) is 6.66. The van der Waals surface area contributed by atoms with Crippen molar-refractivity contribution in [2.24, 2.45) is 0 Å². The van der Waals surface area contributed by atoms with Crippen LogP contribution in [0.2, 0.25) is 5.02 Å². The van der Waals surface area contributed by atoms with E-state index in [1.807, 2.05) is 38.1 Å². The number of nitrogens with zero attached hydrogens (tertiary/aromatic N) is 1. The standard InChI is InChI=1S/C22H21ClN2O4S/c1-3-10-29-18-7-5-4-6-15(18)11-19-21(27)25(22(28)30-19)13-20(26)24-17-12-16(23)9-8-14(17)2/h4-9,11-12H,3,10,13H2,1-2H3,(H,24,26)/b19-11+. The quantitative estimate of drug-likeness (QED) is 0.600. The summed E-state index contributed by atoms with van der Waals surface area (Å²) in [6.45, 7) is 4.01. The predicted molar refractivity (Wildman–Crippen MR) is 120 cm³/mol. The van der Waals surface area contributed by atoms with Gasteiger partial charge in [-0.1, -0.05) is 42.8 Å². The van der Waals surface area contributed by atoms with Crippen LogP contribution >= 0.6 is 23.4 Å². The maximum absolute atomic E-state index is 12.7.